The van der Waals surface area contributed by atoms with Crippen LogP contribution in [0.15, 0.2) is 218 Å². The van der Waals surface area contributed by atoms with E-state index in [-0.39, 0.29) is 0 Å². The maximum Gasteiger partial charge on any atom is 0.119 e. The average molecular weight is 927 g/mol. The maximum atomic E-state index is 5.52. The molecule has 9 aromatic rings. The average Bonchev–Trinajstić information content (AvgIpc) is 3.43. The normalized spacial score (nSPS) is 10.7. The van der Waals surface area contributed by atoms with Gasteiger partial charge < -0.3 is 48.0 Å². The first kappa shape index (κ1) is 46.1. The highest BCUT2D eigenvalue weighted by atomic mass is 16.5. The van der Waals surface area contributed by atoms with Crippen molar-refractivity contribution in [3.8, 4) is 34.5 Å². The van der Waals surface area contributed by atoms with Crippen molar-refractivity contribution in [1.29, 1.82) is 0 Å². The first-order chi connectivity index (χ1) is 34.4. The molecule has 70 heavy (non-hydrogen) atoms. The van der Waals surface area contributed by atoms with Crippen LogP contribution in [0.25, 0.3) is 0 Å². The van der Waals surface area contributed by atoms with Crippen LogP contribution >= 0.6 is 0 Å². The SMILES string of the molecule is COc1ccc(N(c2ccc(OC)cc2)c2ccc(N(c3ccc(N(c4ccc(OC)cc4)c4ccc(OC)cc4)cc3)c3ccc(N(c4ccc(OC)cc4)c4ccc(OC)cc4)cc3)cc2)cc1. The van der Waals surface area contributed by atoms with Gasteiger partial charge in [0.2, 0.25) is 0 Å². The summed E-state index contributed by atoms with van der Waals surface area (Å²) in [5.41, 5.74) is 11.8. The Bertz CT molecular complexity index is 2580. The van der Waals surface area contributed by atoms with Crippen LogP contribution in [0.1, 0.15) is 0 Å². The first-order valence-electron chi connectivity index (χ1n) is 22.7. The summed E-state index contributed by atoms with van der Waals surface area (Å²) in [6, 6.07) is 74.4. The number of hydrogen-bond donors (Lipinski definition) is 0. The summed E-state index contributed by atoms with van der Waals surface area (Å²) in [7, 11) is 10.1. The second kappa shape index (κ2) is 21.3. The van der Waals surface area contributed by atoms with Crippen molar-refractivity contribution in [1.82, 2.24) is 0 Å². The predicted octanol–water partition coefficient (Wildman–Crippen LogP) is 15.6. The van der Waals surface area contributed by atoms with Crippen molar-refractivity contribution in [2.24, 2.45) is 0 Å². The van der Waals surface area contributed by atoms with Gasteiger partial charge in [-0.1, -0.05) is 0 Å². The lowest BCUT2D eigenvalue weighted by molar-refractivity contribution is 0.414. The molecule has 0 aliphatic heterocycles. The summed E-state index contributed by atoms with van der Waals surface area (Å²) in [5.74, 6) is 4.71. The van der Waals surface area contributed by atoms with E-state index in [1.165, 1.54) is 0 Å². The van der Waals surface area contributed by atoms with E-state index < -0.39 is 0 Å². The Morgan fingerprint density at radius 1 is 0.157 bits per heavy atom. The molecule has 10 nitrogen and oxygen atoms in total. The molecule has 0 aliphatic rings. The summed E-state index contributed by atoms with van der Waals surface area (Å²) >= 11 is 0. The van der Waals surface area contributed by atoms with Crippen LogP contribution in [-0.4, -0.2) is 42.7 Å². The summed E-state index contributed by atoms with van der Waals surface area (Å²) in [4.78, 5) is 8.93. The van der Waals surface area contributed by atoms with Crippen molar-refractivity contribution < 1.29 is 28.4 Å². The predicted molar refractivity (Wildman–Crippen MR) is 284 cm³/mol. The molecule has 0 atom stereocenters. The third kappa shape index (κ3) is 9.98. The highest BCUT2D eigenvalue weighted by Crippen LogP contribution is 2.44. The molecule has 0 aromatic heterocycles. The highest BCUT2D eigenvalue weighted by molar-refractivity contribution is 5.85. The van der Waals surface area contributed by atoms with Crippen molar-refractivity contribution in [3.63, 3.8) is 0 Å². The summed E-state index contributed by atoms with van der Waals surface area (Å²) in [6.07, 6.45) is 0. The molecule has 0 N–H and O–H groups in total. The van der Waals surface area contributed by atoms with Gasteiger partial charge in [-0.25, -0.2) is 0 Å². The largest absolute Gasteiger partial charge is 0.497 e. The molecule has 0 unspecified atom stereocenters. The van der Waals surface area contributed by atoms with Gasteiger partial charge in [0.05, 0.1) is 42.7 Å². The Morgan fingerprint density at radius 2 is 0.243 bits per heavy atom. The molecular weight excluding hydrogens is 873 g/mol. The van der Waals surface area contributed by atoms with Crippen LogP contribution in [0.2, 0.25) is 0 Å². The number of methoxy groups -OCH3 is 6. The minimum absolute atomic E-state index is 0.786. The van der Waals surface area contributed by atoms with Gasteiger partial charge in [0.25, 0.3) is 0 Å². The van der Waals surface area contributed by atoms with E-state index in [0.29, 0.717) is 0 Å². The van der Waals surface area contributed by atoms with E-state index in [2.05, 4.69) is 165 Å². The molecule has 0 saturated heterocycles. The van der Waals surface area contributed by atoms with Gasteiger partial charge >= 0.3 is 0 Å². The zero-order valence-corrected chi connectivity index (χ0v) is 40.0. The third-order valence-corrected chi connectivity index (χ3v) is 12.1. The highest BCUT2D eigenvalue weighted by Gasteiger charge is 2.20. The van der Waals surface area contributed by atoms with Gasteiger partial charge in [-0.2, -0.15) is 0 Å². The number of nitrogens with zero attached hydrogens (tertiary/aromatic N) is 4. The lowest BCUT2D eigenvalue weighted by atomic mass is 10.1. The maximum absolute atomic E-state index is 5.52. The van der Waals surface area contributed by atoms with Crippen LogP contribution < -0.4 is 48.0 Å². The molecule has 0 amide bonds. The molecule has 0 bridgehead atoms. The fourth-order valence-corrected chi connectivity index (χ4v) is 8.43. The van der Waals surface area contributed by atoms with E-state index in [4.69, 9.17) is 28.4 Å². The van der Waals surface area contributed by atoms with Crippen LogP contribution in [0.4, 0.5) is 68.2 Å². The molecule has 0 heterocycles. The van der Waals surface area contributed by atoms with Crippen LogP contribution in [0, 0.1) is 0 Å². The zero-order chi connectivity index (χ0) is 48.4. The molecule has 0 fully saturated rings. The van der Waals surface area contributed by atoms with E-state index in [1.807, 2.05) is 72.8 Å². The summed E-state index contributed by atoms with van der Waals surface area (Å²) < 4.78 is 33.1. The Kier molecular flexibility index (Phi) is 14.0. The molecule has 9 aromatic carbocycles. The molecular formula is C60H54N4O6. The minimum Gasteiger partial charge on any atom is -0.497 e. The summed E-state index contributed by atoms with van der Waals surface area (Å²) in [5, 5.41) is 0. The Hall–Kier alpha value is -9.02. The fourth-order valence-electron chi connectivity index (χ4n) is 8.43. The third-order valence-electron chi connectivity index (χ3n) is 12.1. The molecule has 9 rings (SSSR count). The Morgan fingerprint density at radius 3 is 0.329 bits per heavy atom. The van der Waals surface area contributed by atoms with Crippen molar-refractivity contribution in [2.75, 3.05) is 62.3 Å². The molecule has 0 radical (unpaired) electrons. The van der Waals surface area contributed by atoms with Gasteiger partial charge in [-0.3, -0.25) is 0 Å². The fraction of sp³-hybridized carbons (Fsp3) is 0.100. The molecule has 0 spiro atoms. The zero-order valence-electron chi connectivity index (χ0n) is 40.0. The molecule has 10 heteroatoms. The van der Waals surface area contributed by atoms with Crippen LogP contribution in [0.3, 0.4) is 0 Å². The van der Waals surface area contributed by atoms with Gasteiger partial charge in [0.1, 0.15) is 34.5 Å². The number of rotatable bonds is 18. The lowest BCUT2D eigenvalue weighted by Gasteiger charge is -2.30. The standard InChI is InChI=1S/C60H54N4O6/c1-65-55-31-19-49(20-32-55)62(50-21-33-56(66-2)34-22-50)46-13-7-43(8-14-46)61(44-9-15-47(16-10-44)63(51-23-35-57(67-3)36-24-51)52-25-37-58(68-4)38-26-52)45-11-17-48(18-12-45)64(53-27-39-59(69-5)40-28-53)54-29-41-60(70-6)42-30-54/h7-42H,1-6H3. The molecule has 0 saturated carbocycles. The van der Waals surface area contributed by atoms with Crippen molar-refractivity contribution in [2.45, 2.75) is 0 Å². The smallest absolute Gasteiger partial charge is 0.119 e. The number of anilines is 12. The number of benzene rings is 9. The number of ether oxygens (including phenoxy) is 6. The van der Waals surface area contributed by atoms with Crippen molar-refractivity contribution in [3.05, 3.63) is 218 Å². The second-order valence-corrected chi connectivity index (χ2v) is 16.1. The van der Waals surface area contributed by atoms with Gasteiger partial charge in [-0.15, -0.1) is 0 Å². The van der Waals surface area contributed by atoms with E-state index in [0.717, 1.165) is 103 Å². The quantitative estimate of drug-likeness (QED) is 0.0831. The molecule has 0 aliphatic carbocycles. The lowest BCUT2D eigenvalue weighted by Crippen LogP contribution is -2.14. The van der Waals surface area contributed by atoms with Crippen LogP contribution in [-0.2, 0) is 0 Å². The number of hydrogen-bond acceptors (Lipinski definition) is 10. The first-order valence-corrected chi connectivity index (χ1v) is 22.7. The van der Waals surface area contributed by atoms with Gasteiger partial charge in [0, 0.05) is 68.2 Å². The van der Waals surface area contributed by atoms with E-state index >= 15 is 0 Å². The monoisotopic (exact) mass is 926 g/mol. The Labute approximate surface area is 410 Å². The van der Waals surface area contributed by atoms with Crippen LogP contribution in [0.5, 0.6) is 34.5 Å². The topological polar surface area (TPSA) is 68.3 Å². The summed E-state index contributed by atoms with van der Waals surface area (Å²) in [6.45, 7) is 0. The molecule has 350 valence electrons. The van der Waals surface area contributed by atoms with Crippen molar-refractivity contribution >= 4 is 68.2 Å². The Balaban J connectivity index is 1.14. The minimum atomic E-state index is 0.786. The second-order valence-electron chi connectivity index (χ2n) is 16.1. The van der Waals surface area contributed by atoms with E-state index in [9.17, 15) is 0 Å². The van der Waals surface area contributed by atoms with Gasteiger partial charge in [-0.05, 0) is 218 Å². The van der Waals surface area contributed by atoms with E-state index in [1.54, 1.807) is 42.7 Å². The van der Waals surface area contributed by atoms with Gasteiger partial charge in [0.15, 0.2) is 0 Å².